The van der Waals surface area contributed by atoms with Crippen molar-refractivity contribution in [3.63, 3.8) is 0 Å². The average molecular weight is 337 g/mol. The number of halogens is 1. The lowest BCUT2D eigenvalue weighted by Gasteiger charge is -2.13. The van der Waals surface area contributed by atoms with Crippen LogP contribution in [0.5, 0.6) is 5.75 Å². The normalized spacial score (nSPS) is 14.1. The van der Waals surface area contributed by atoms with Gasteiger partial charge in [0.1, 0.15) is 5.75 Å². The molecule has 0 spiro atoms. The number of nitrogens with one attached hydrogen (secondary N) is 2. The molecular weight excluding hydrogens is 312 g/mol. The van der Waals surface area contributed by atoms with E-state index >= 15 is 0 Å². The van der Waals surface area contributed by atoms with E-state index in [9.17, 15) is 4.79 Å². The maximum absolute atomic E-state index is 11.9. The number of carbonyl (C=O) groups is 1. The van der Waals surface area contributed by atoms with Crippen LogP contribution in [0.3, 0.4) is 0 Å². The van der Waals surface area contributed by atoms with Gasteiger partial charge in [-0.2, -0.15) is 0 Å². The highest BCUT2D eigenvalue weighted by atomic mass is 35.5. The Kier molecular flexibility index (Phi) is 7.27. The minimum Gasteiger partial charge on any atom is -0.495 e. The molecule has 1 aromatic rings. The highest BCUT2D eigenvalue weighted by molar-refractivity contribution is 6.30. The van der Waals surface area contributed by atoms with E-state index in [2.05, 4.69) is 16.7 Å². The molecule has 1 aromatic carbocycles. The second-order valence-corrected chi connectivity index (χ2v) is 6.17. The van der Waals surface area contributed by atoms with Gasteiger partial charge in [0.25, 0.3) is 0 Å². The van der Waals surface area contributed by atoms with Gasteiger partial charge in [-0.25, -0.2) is 0 Å². The highest BCUT2D eigenvalue weighted by Crippen LogP contribution is 2.27. The van der Waals surface area contributed by atoms with E-state index in [0.29, 0.717) is 18.0 Å². The summed E-state index contributed by atoms with van der Waals surface area (Å²) in [4.78, 5) is 11.9. The van der Waals surface area contributed by atoms with Crippen LogP contribution in [-0.4, -0.2) is 26.1 Å². The van der Waals surface area contributed by atoms with E-state index in [0.717, 1.165) is 24.4 Å². The quantitative estimate of drug-likeness (QED) is 0.701. The van der Waals surface area contributed by atoms with Gasteiger partial charge in [-0.3, -0.25) is 4.79 Å². The van der Waals surface area contributed by atoms with Gasteiger partial charge in [0.05, 0.1) is 12.8 Å². The van der Waals surface area contributed by atoms with Crippen molar-refractivity contribution in [1.82, 2.24) is 5.32 Å². The molecule has 0 saturated heterocycles. The first-order valence-corrected chi connectivity index (χ1v) is 8.59. The van der Waals surface area contributed by atoms with Crippen molar-refractivity contribution >= 4 is 23.2 Å². The zero-order chi connectivity index (χ0) is 16.5. The van der Waals surface area contributed by atoms with E-state index in [1.807, 2.05) is 6.07 Å². The minimum atomic E-state index is 0.0647. The summed E-state index contributed by atoms with van der Waals surface area (Å²) >= 11 is 5.98. The lowest BCUT2D eigenvalue weighted by molar-refractivity contribution is -0.120. The molecule has 2 N–H and O–H groups in total. The van der Waals surface area contributed by atoms with Crippen molar-refractivity contribution in [2.75, 3.05) is 25.5 Å². The molecule has 23 heavy (non-hydrogen) atoms. The molecule has 0 bridgehead atoms. The van der Waals surface area contributed by atoms with Crippen molar-refractivity contribution in [1.29, 1.82) is 0 Å². The first-order valence-electron chi connectivity index (χ1n) is 8.21. The monoisotopic (exact) mass is 336 g/mol. The maximum atomic E-state index is 11.9. The maximum Gasteiger partial charge on any atom is 0.221 e. The Morgan fingerprint density at radius 3 is 2.91 bits per heavy atom. The second kappa shape index (κ2) is 9.46. The van der Waals surface area contributed by atoms with Crippen LogP contribution in [0.2, 0.25) is 5.02 Å². The topological polar surface area (TPSA) is 50.4 Å². The van der Waals surface area contributed by atoms with Gasteiger partial charge >= 0.3 is 0 Å². The smallest absolute Gasteiger partial charge is 0.221 e. The Labute approximate surface area is 143 Å². The van der Waals surface area contributed by atoms with Crippen LogP contribution in [0.25, 0.3) is 0 Å². The first kappa shape index (κ1) is 17.7. The molecule has 1 aliphatic rings. The highest BCUT2D eigenvalue weighted by Gasteiger charge is 2.07. The molecule has 126 valence electrons. The summed E-state index contributed by atoms with van der Waals surface area (Å²) in [5, 5.41) is 6.81. The summed E-state index contributed by atoms with van der Waals surface area (Å²) < 4.78 is 5.26. The third-order valence-corrected chi connectivity index (χ3v) is 4.22. The van der Waals surface area contributed by atoms with Crippen molar-refractivity contribution in [3.8, 4) is 5.75 Å². The van der Waals surface area contributed by atoms with Gasteiger partial charge in [0.2, 0.25) is 5.91 Å². The summed E-state index contributed by atoms with van der Waals surface area (Å²) in [6.45, 7) is 1.27. The fourth-order valence-electron chi connectivity index (χ4n) is 2.71. The fraction of sp³-hybridized carbons (Fsp3) is 0.500. The zero-order valence-electron chi connectivity index (χ0n) is 13.7. The largest absolute Gasteiger partial charge is 0.495 e. The van der Waals surface area contributed by atoms with Gasteiger partial charge in [0.15, 0.2) is 0 Å². The van der Waals surface area contributed by atoms with Crippen LogP contribution in [-0.2, 0) is 4.79 Å². The van der Waals surface area contributed by atoms with Crippen LogP contribution in [0, 0.1) is 0 Å². The molecule has 5 heteroatoms. The number of benzene rings is 1. The number of hydrogen-bond acceptors (Lipinski definition) is 3. The molecule has 2 rings (SSSR count). The third-order valence-electron chi connectivity index (χ3n) is 3.98. The lowest BCUT2D eigenvalue weighted by Crippen LogP contribution is -2.26. The first-order chi connectivity index (χ1) is 11.2. The molecule has 0 aromatic heterocycles. The van der Waals surface area contributed by atoms with Crippen LogP contribution in [0.15, 0.2) is 29.8 Å². The van der Waals surface area contributed by atoms with Gasteiger partial charge in [-0.05, 0) is 50.3 Å². The molecule has 0 aliphatic heterocycles. The summed E-state index contributed by atoms with van der Waals surface area (Å²) in [7, 11) is 1.61. The zero-order valence-corrected chi connectivity index (χ0v) is 14.4. The van der Waals surface area contributed by atoms with E-state index in [1.165, 1.54) is 31.3 Å². The van der Waals surface area contributed by atoms with Gasteiger partial charge in [-0.15, -0.1) is 0 Å². The van der Waals surface area contributed by atoms with Crippen molar-refractivity contribution in [3.05, 3.63) is 34.9 Å². The van der Waals surface area contributed by atoms with E-state index in [1.54, 1.807) is 19.2 Å². The van der Waals surface area contributed by atoms with Gasteiger partial charge < -0.3 is 15.4 Å². The number of rotatable bonds is 8. The predicted octanol–water partition coefficient (Wildman–Crippen LogP) is 4.16. The number of anilines is 1. The van der Waals surface area contributed by atoms with Crippen LogP contribution < -0.4 is 15.4 Å². The SMILES string of the molecule is COc1ccc(Cl)cc1NCCC(=O)NCCC1=CCCCC1. The van der Waals surface area contributed by atoms with Gasteiger partial charge in [-0.1, -0.05) is 23.3 Å². The van der Waals surface area contributed by atoms with E-state index in [4.69, 9.17) is 16.3 Å². The number of methoxy groups -OCH3 is 1. The van der Waals surface area contributed by atoms with Gasteiger partial charge in [0, 0.05) is 24.5 Å². The predicted molar refractivity (Wildman–Crippen MR) is 95.3 cm³/mol. The molecule has 0 fully saturated rings. The summed E-state index contributed by atoms with van der Waals surface area (Å²) in [5.41, 5.74) is 2.29. The Morgan fingerprint density at radius 2 is 2.17 bits per heavy atom. The minimum absolute atomic E-state index is 0.0647. The second-order valence-electron chi connectivity index (χ2n) is 5.73. The third kappa shape index (κ3) is 6.14. The number of amides is 1. The van der Waals surface area contributed by atoms with Crippen molar-refractivity contribution in [2.45, 2.75) is 38.5 Å². The summed E-state index contributed by atoms with van der Waals surface area (Å²) in [6.07, 6.45) is 8.68. The average Bonchev–Trinajstić information content (AvgIpc) is 2.56. The Balaban J connectivity index is 1.66. The fourth-order valence-corrected chi connectivity index (χ4v) is 2.88. The molecule has 1 aliphatic carbocycles. The van der Waals surface area contributed by atoms with Crippen LogP contribution >= 0.6 is 11.6 Å². The molecule has 0 unspecified atom stereocenters. The van der Waals surface area contributed by atoms with Crippen LogP contribution in [0.1, 0.15) is 38.5 Å². The molecule has 4 nitrogen and oxygen atoms in total. The summed E-state index contributed by atoms with van der Waals surface area (Å²) in [6, 6.07) is 5.38. The molecule has 0 heterocycles. The number of allylic oxidation sites excluding steroid dienone is 1. The van der Waals surface area contributed by atoms with Crippen molar-refractivity contribution < 1.29 is 9.53 Å². The Bertz CT molecular complexity index is 558. The molecule has 1 amide bonds. The Morgan fingerprint density at radius 1 is 1.30 bits per heavy atom. The van der Waals surface area contributed by atoms with E-state index in [-0.39, 0.29) is 5.91 Å². The van der Waals surface area contributed by atoms with E-state index < -0.39 is 0 Å². The molecule has 0 atom stereocenters. The molecule has 0 radical (unpaired) electrons. The molecule has 0 saturated carbocycles. The number of carbonyl (C=O) groups excluding carboxylic acids is 1. The number of ether oxygens (including phenoxy) is 1. The lowest BCUT2D eigenvalue weighted by atomic mass is 9.97. The van der Waals surface area contributed by atoms with Crippen LogP contribution in [0.4, 0.5) is 5.69 Å². The number of hydrogen-bond donors (Lipinski definition) is 2. The standard InChI is InChI=1S/C18H25ClN2O2/c1-23-17-8-7-15(19)13-16(17)20-12-10-18(22)21-11-9-14-5-3-2-4-6-14/h5,7-8,13,20H,2-4,6,9-12H2,1H3,(H,21,22). The van der Waals surface area contributed by atoms with Crippen molar-refractivity contribution in [2.24, 2.45) is 0 Å². The Hall–Kier alpha value is -1.68. The molecular formula is C18H25ClN2O2. The summed E-state index contributed by atoms with van der Waals surface area (Å²) in [5.74, 6) is 0.786.